The van der Waals surface area contributed by atoms with Gasteiger partial charge in [-0.3, -0.25) is 9.89 Å². The summed E-state index contributed by atoms with van der Waals surface area (Å²) in [6, 6.07) is 7.07. The SMILES string of the molecule is CCc1cc(NC(=O)c2cccc3c2OCCO3)n[nH]1. The van der Waals surface area contributed by atoms with Gasteiger partial charge in [-0.25, -0.2) is 0 Å². The van der Waals surface area contributed by atoms with Gasteiger partial charge >= 0.3 is 0 Å². The molecule has 2 N–H and O–H groups in total. The van der Waals surface area contributed by atoms with Gasteiger partial charge in [-0.2, -0.15) is 5.10 Å². The Balaban J connectivity index is 1.83. The molecule has 3 rings (SSSR count). The number of benzene rings is 1. The molecular formula is C14H15N3O3. The number of anilines is 1. The first kappa shape index (κ1) is 12.5. The molecule has 0 atom stereocenters. The minimum Gasteiger partial charge on any atom is -0.486 e. The normalized spacial score (nSPS) is 13.1. The number of hydrogen-bond donors (Lipinski definition) is 2. The van der Waals surface area contributed by atoms with E-state index in [0.29, 0.717) is 36.1 Å². The number of rotatable bonds is 3. The number of amides is 1. The highest BCUT2D eigenvalue weighted by Crippen LogP contribution is 2.33. The first-order valence-electron chi connectivity index (χ1n) is 6.52. The molecule has 1 aliphatic rings. The molecule has 0 bridgehead atoms. The number of hydrogen-bond acceptors (Lipinski definition) is 4. The van der Waals surface area contributed by atoms with Crippen molar-refractivity contribution in [2.45, 2.75) is 13.3 Å². The maximum Gasteiger partial charge on any atom is 0.260 e. The van der Waals surface area contributed by atoms with Gasteiger partial charge in [0, 0.05) is 11.8 Å². The number of H-pyrrole nitrogens is 1. The highest BCUT2D eigenvalue weighted by molar-refractivity contribution is 6.06. The Morgan fingerprint density at radius 3 is 3.05 bits per heavy atom. The van der Waals surface area contributed by atoms with Gasteiger partial charge in [-0.05, 0) is 18.6 Å². The van der Waals surface area contributed by atoms with Gasteiger partial charge in [-0.15, -0.1) is 0 Å². The molecule has 0 unspecified atom stereocenters. The molecule has 0 aliphatic carbocycles. The molecule has 104 valence electrons. The van der Waals surface area contributed by atoms with Crippen molar-refractivity contribution in [3.8, 4) is 11.5 Å². The van der Waals surface area contributed by atoms with Crippen LogP contribution in [0.1, 0.15) is 23.0 Å². The Hall–Kier alpha value is -2.50. The van der Waals surface area contributed by atoms with Crippen LogP contribution < -0.4 is 14.8 Å². The van der Waals surface area contributed by atoms with Crippen LogP contribution in [-0.4, -0.2) is 29.3 Å². The van der Waals surface area contributed by atoms with E-state index in [1.54, 1.807) is 18.2 Å². The van der Waals surface area contributed by atoms with Gasteiger partial charge < -0.3 is 14.8 Å². The lowest BCUT2D eigenvalue weighted by Gasteiger charge is -2.20. The van der Waals surface area contributed by atoms with Gasteiger partial charge in [0.1, 0.15) is 13.2 Å². The highest BCUT2D eigenvalue weighted by atomic mass is 16.6. The molecule has 1 aromatic heterocycles. The van der Waals surface area contributed by atoms with Crippen molar-refractivity contribution >= 4 is 11.7 Å². The zero-order valence-corrected chi connectivity index (χ0v) is 11.1. The minimum absolute atomic E-state index is 0.262. The number of fused-ring (bicyclic) bond motifs is 1. The summed E-state index contributed by atoms with van der Waals surface area (Å²) < 4.78 is 11.0. The summed E-state index contributed by atoms with van der Waals surface area (Å²) in [7, 11) is 0. The van der Waals surface area contributed by atoms with E-state index in [-0.39, 0.29) is 5.91 Å². The van der Waals surface area contributed by atoms with E-state index in [0.717, 1.165) is 12.1 Å². The maximum absolute atomic E-state index is 12.3. The second-order valence-electron chi connectivity index (χ2n) is 4.42. The molecule has 0 spiro atoms. The van der Waals surface area contributed by atoms with E-state index < -0.39 is 0 Å². The number of aromatic amines is 1. The van der Waals surface area contributed by atoms with Crippen LogP contribution in [0.2, 0.25) is 0 Å². The van der Waals surface area contributed by atoms with Crippen molar-refractivity contribution in [1.82, 2.24) is 10.2 Å². The van der Waals surface area contributed by atoms with Crippen LogP contribution in [0.4, 0.5) is 5.82 Å². The molecule has 0 radical (unpaired) electrons. The summed E-state index contributed by atoms with van der Waals surface area (Å²) in [6.45, 7) is 2.95. The van der Waals surface area contributed by atoms with Crippen molar-refractivity contribution in [3.05, 3.63) is 35.5 Å². The van der Waals surface area contributed by atoms with Crippen molar-refractivity contribution in [1.29, 1.82) is 0 Å². The largest absolute Gasteiger partial charge is 0.486 e. The number of nitrogens with one attached hydrogen (secondary N) is 2. The van der Waals surface area contributed by atoms with Crippen molar-refractivity contribution in [2.75, 3.05) is 18.5 Å². The van der Waals surface area contributed by atoms with Gasteiger partial charge in [0.05, 0.1) is 5.56 Å². The average Bonchev–Trinajstić information content (AvgIpc) is 2.94. The molecule has 1 amide bonds. The molecule has 2 aromatic rings. The average molecular weight is 273 g/mol. The Labute approximate surface area is 116 Å². The molecule has 0 saturated heterocycles. The van der Waals surface area contributed by atoms with Gasteiger partial charge in [0.25, 0.3) is 5.91 Å². The standard InChI is InChI=1S/C14H15N3O3/c1-2-9-8-12(17-16-9)15-14(18)10-4-3-5-11-13(10)20-7-6-19-11/h3-5,8H,2,6-7H2,1H3,(H2,15,16,17,18). The van der Waals surface area contributed by atoms with Crippen LogP contribution in [0.15, 0.2) is 24.3 Å². The Kier molecular flexibility index (Phi) is 3.28. The van der Waals surface area contributed by atoms with E-state index in [1.807, 2.05) is 13.0 Å². The predicted octanol–water partition coefficient (Wildman–Crippen LogP) is 2.00. The molecule has 0 fully saturated rings. The number of aryl methyl sites for hydroxylation is 1. The highest BCUT2D eigenvalue weighted by Gasteiger charge is 2.20. The number of para-hydroxylation sites is 1. The topological polar surface area (TPSA) is 76.2 Å². The van der Waals surface area contributed by atoms with Crippen LogP contribution in [0, 0.1) is 0 Å². The predicted molar refractivity (Wildman–Crippen MR) is 73.4 cm³/mol. The third-order valence-electron chi connectivity index (χ3n) is 3.06. The molecule has 6 heteroatoms. The minimum atomic E-state index is -0.262. The second kappa shape index (κ2) is 5.24. The molecule has 0 saturated carbocycles. The summed E-state index contributed by atoms with van der Waals surface area (Å²) in [5, 5.41) is 9.64. The lowest BCUT2D eigenvalue weighted by atomic mass is 10.1. The van der Waals surface area contributed by atoms with E-state index >= 15 is 0 Å². The maximum atomic E-state index is 12.3. The molecule has 1 aliphatic heterocycles. The number of nitrogens with zero attached hydrogens (tertiary/aromatic N) is 1. The fourth-order valence-corrected chi connectivity index (χ4v) is 2.04. The lowest BCUT2D eigenvalue weighted by molar-refractivity contribution is 0.101. The van der Waals surface area contributed by atoms with Crippen molar-refractivity contribution in [2.24, 2.45) is 0 Å². The summed E-state index contributed by atoms with van der Waals surface area (Å²) >= 11 is 0. The molecular weight excluding hydrogens is 258 g/mol. The van der Waals surface area contributed by atoms with Crippen LogP contribution in [-0.2, 0) is 6.42 Å². The molecule has 6 nitrogen and oxygen atoms in total. The smallest absolute Gasteiger partial charge is 0.260 e. The van der Waals surface area contributed by atoms with Crippen LogP contribution in [0.5, 0.6) is 11.5 Å². The first-order valence-corrected chi connectivity index (χ1v) is 6.52. The number of carbonyl (C=O) groups is 1. The quantitative estimate of drug-likeness (QED) is 0.896. The third kappa shape index (κ3) is 2.32. The lowest BCUT2D eigenvalue weighted by Crippen LogP contribution is -2.20. The summed E-state index contributed by atoms with van der Waals surface area (Å²) in [5.41, 5.74) is 1.42. The second-order valence-corrected chi connectivity index (χ2v) is 4.42. The van der Waals surface area contributed by atoms with Gasteiger partial charge in [0.15, 0.2) is 17.3 Å². The van der Waals surface area contributed by atoms with Gasteiger partial charge in [0.2, 0.25) is 0 Å². The monoisotopic (exact) mass is 273 g/mol. The number of aromatic nitrogens is 2. The van der Waals surface area contributed by atoms with E-state index in [1.165, 1.54) is 0 Å². The summed E-state index contributed by atoms with van der Waals surface area (Å²) in [4.78, 5) is 12.3. The first-order chi connectivity index (χ1) is 9.78. The third-order valence-corrected chi connectivity index (χ3v) is 3.06. The van der Waals surface area contributed by atoms with E-state index in [9.17, 15) is 4.79 Å². The molecule has 1 aromatic carbocycles. The number of ether oxygens (including phenoxy) is 2. The zero-order chi connectivity index (χ0) is 13.9. The van der Waals surface area contributed by atoms with E-state index in [2.05, 4.69) is 15.5 Å². The Bertz CT molecular complexity index is 636. The van der Waals surface area contributed by atoms with Crippen LogP contribution in [0.25, 0.3) is 0 Å². The Morgan fingerprint density at radius 2 is 2.25 bits per heavy atom. The summed E-state index contributed by atoms with van der Waals surface area (Å²) in [5.74, 6) is 1.32. The Morgan fingerprint density at radius 1 is 1.40 bits per heavy atom. The summed E-state index contributed by atoms with van der Waals surface area (Å²) in [6.07, 6.45) is 0.834. The van der Waals surface area contributed by atoms with Crippen molar-refractivity contribution < 1.29 is 14.3 Å². The van der Waals surface area contributed by atoms with Crippen molar-refractivity contribution in [3.63, 3.8) is 0 Å². The fourth-order valence-electron chi connectivity index (χ4n) is 2.04. The van der Waals surface area contributed by atoms with Crippen LogP contribution >= 0.6 is 0 Å². The number of carbonyl (C=O) groups excluding carboxylic acids is 1. The molecule has 2 heterocycles. The van der Waals surface area contributed by atoms with Gasteiger partial charge in [-0.1, -0.05) is 13.0 Å². The zero-order valence-electron chi connectivity index (χ0n) is 11.1. The molecule has 20 heavy (non-hydrogen) atoms. The van der Waals surface area contributed by atoms with E-state index in [4.69, 9.17) is 9.47 Å². The van der Waals surface area contributed by atoms with Crippen LogP contribution in [0.3, 0.4) is 0 Å². The fraction of sp³-hybridized carbons (Fsp3) is 0.286.